The molecule has 0 fully saturated rings. The Morgan fingerprint density at radius 1 is 1.23 bits per heavy atom. The third kappa shape index (κ3) is 4.15. The number of carbonyl (C=O) groups excluding carboxylic acids is 2. The number of carbonyl (C=O) groups is 2. The van der Waals surface area contributed by atoms with Crippen LogP contribution in [0.4, 0.5) is 0 Å². The van der Waals surface area contributed by atoms with Gasteiger partial charge in [-0.15, -0.1) is 0 Å². The number of methoxy groups -OCH3 is 1. The molecule has 2 rings (SSSR count). The number of esters is 1. The van der Waals surface area contributed by atoms with E-state index >= 15 is 0 Å². The minimum Gasteiger partial charge on any atom is -0.467 e. The molecule has 1 amide bonds. The average Bonchev–Trinajstić information content (AvgIpc) is 2.54. The highest BCUT2D eigenvalue weighted by atomic mass is 16.5. The molecule has 1 aromatic heterocycles. The van der Waals surface area contributed by atoms with Crippen molar-refractivity contribution < 1.29 is 14.3 Å². The lowest BCUT2D eigenvalue weighted by atomic mass is 10.0. The van der Waals surface area contributed by atoms with Crippen molar-refractivity contribution in [2.24, 2.45) is 0 Å². The normalized spacial score (nSPS) is 11.5. The van der Waals surface area contributed by atoms with Crippen LogP contribution in [-0.4, -0.2) is 30.0 Å². The SMILES string of the molecule is COC(=O)[C@H](Cc1cccc(C)c1)NC(=O)c1ccccn1. The molecule has 0 saturated heterocycles. The van der Waals surface area contributed by atoms with Crippen LogP contribution in [-0.2, 0) is 16.0 Å². The molecule has 0 aliphatic heterocycles. The van der Waals surface area contributed by atoms with Crippen molar-refractivity contribution in [1.29, 1.82) is 0 Å². The topological polar surface area (TPSA) is 68.3 Å². The maximum Gasteiger partial charge on any atom is 0.328 e. The van der Waals surface area contributed by atoms with Crippen molar-refractivity contribution in [2.75, 3.05) is 7.11 Å². The predicted molar refractivity (Wildman–Crippen MR) is 82.4 cm³/mol. The fourth-order valence-corrected chi connectivity index (χ4v) is 2.14. The molecule has 2 aromatic rings. The Morgan fingerprint density at radius 3 is 2.68 bits per heavy atom. The van der Waals surface area contributed by atoms with Gasteiger partial charge in [-0.1, -0.05) is 35.9 Å². The molecule has 1 heterocycles. The molecule has 0 bridgehead atoms. The maximum atomic E-state index is 12.2. The lowest BCUT2D eigenvalue weighted by Gasteiger charge is -2.16. The Hall–Kier alpha value is -2.69. The van der Waals surface area contributed by atoms with Gasteiger partial charge >= 0.3 is 5.97 Å². The number of nitrogens with one attached hydrogen (secondary N) is 1. The van der Waals surface area contributed by atoms with Crippen LogP contribution in [0.15, 0.2) is 48.7 Å². The Balaban J connectivity index is 2.13. The number of aryl methyl sites for hydroxylation is 1. The van der Waals surface area contributed by atoms with Crippen LogP contribution in [0.25, 0.3) is 0 Å². The third-order valence-electron chi connectivity index (χ3n) is 3.21. The molecule has 0 saturated carbocycles. The number of rotatable bonds is 5. The Morgan fingerprint density at radius 2 is 2.05 bits per heavy atom. The monoisotopic (exact) mass is 298 g/mol. The summed E-state index contributed by atoms with van der Waals surface area (Å²) in [5.74, 6) is -0.880. The number of benzene rings is 1. The zero-order valence-electron chi connectivity index (χ0n) is 12.6. The van der Waals surface area contributed by atoms with Crippen molar-refractivity contribution in [2.45, 2.75) is 19.4 Å². The first-order valence-electron chi connectivity index (χ1n) is 6.95. The van der Waals surface area contributed by atoms with Gasteiger partial charge in [-0.25, -0.2) is 4.79 Å². The van der Waals surface area contributed by atoms with Gasteiger partial charge in [0.15, 0.2) is 0 Å². The van der Waals surface area contributed by atoms with Gasteiger partial charge in [0.25, 0.3) is 5.91 Å². The molecule has 1 N–H and O–H groups in total. The number of aromatic nitrogens is 1. The maximum absolute atomic E-state index is 12.2. The summed E-state index contributed by atoms with van der Waals surface area (Å²) in [4.78, 5) is 28.0. The molecule has 5 nitrogen and oxygen atoms in total. The van der Waals surface area contributed by atoms with Gasteiger partial charge in [0.2, 0.25) is 0 Å². The molecule has 0 aliphatic carbocycles. The zero-order chi connectivity index (χ0) is 15.9. The van der Waals surface area contributed by atoms with Crippen LogP contribution < -0.4 is 5.32 Å². The van der Waals surface area contributed by atoms with Crippen LogP contribution in [0.1, 0.15) is 21.6 Å². The van der Waals surface area contributed by atoms with Crippen molar-refractivity contribution in [3.05, 3.63) is 65.5 Å². The van der Waals surface area contributed by atoms with E-state index in [1.54, 1.807) is 18.2 Å². The van der Waals surface area contributed by atoms with E-state index in [-0.39, 0.29) is 5.69 Å². The van der Waals surface area contributed by atoms with Crippen LogP contribution in [0.5, 0.6) is 0 Å². The van der Waals surface area contributed by atoms with E-state index in [1.165, 1.54) is 13.3 Å². The van der Waals surface area contributed by atoms with E-state index in [4.69, 9.17) is 4.74 Å². The van der Waals surface area contributed by atoms with Crippen molar-refractivity contribution in [3.8, 4) is 0 Å². The second-order valence-corrected chi connectivity index (χ2v) is 4.96. The number of ether oxygens (including phenoxy) is 1. The fraction of sp³-hybridized carbons (Fsp3) is 0.235. The first-order valence-corrected chi connectivity index (χ1v) is 6.95. The fourth-order valence-electron chi connectivity index (χ4n) is 2.14. The van der Waals surface area contributed by atoms with E-state index in [1.807, 2.05) is 31.2 Å². The molecule has 0 aliphatic rings. The van der Waals surface area contributed by atoms with E-state index < -0.39 is 17.9 Å². The summed E-state index contributed by atoms with van der Waals surface area (Å²) in [7, 11) is 1.30. The highest BCUT2D eigenvalue weighted by Gasteiger charge is 2.23. The lowest BCUT2D eigenvalue weighted by Crippen LogP contribution is -2.43. The summed E-state index contributed by atoms with van der Waals surface area (Å²) in [5.41, 5.74) is 2.31. The highest BCUT2D eigenvalue weighted by Crippen LogP contribution is 2.08. The molecular weight excluding hydrogens is 280 g/mol. The van der Waals surface area contributed by atoms with Gasteiger partial charge in [0.1, 0.15) is 11.7 Å². The van der Waals surface area contributed by atoms with Crippen LogP contribution in [0.2, 0.25) is 0 Å². The number of pyridine rings is 1. The number of amides is 1. The van der Waals surface area contributed by atoms with E-state index in [2.05, 4.69) is 10.3 Å². The summed E-state index contributed by atoms with van der Waals surface area (Å²) in [5, 5.41) is 2.68. The molecular formula is C17H18N2O3. The molecule has 114 valence electrons. The van der Waals surface area contributed by atoms with Crippen LogP contribution in [0.3, 0.4) is 0 Å². The van der Waals surface area contributed by atoms with E-state index in [9.17, 15) is 9.59 Å². The van der Waals surface area contributed by atoms with Crippen molar-refractivity contribution in [3.63, 3.8) is 0 Å². The summed E-state index contributed by atoms with van der Waals surface area (Å²) >= 11 is 0. The molecule has 22 heavy (non-hydrogen) atoms. The van der Waals surface area contributed by atoms with E-state index in [0.29, 0.717) is 6.42 Å². The summed E-state index contributed by atoms with van der Waals surface area (Å²) < 4.78 is 4.78. The molecule has 0 radical (unpaired) electrons. The molecule has 0 spiro atoms. The lowest BCUT2D eigenvalue weighted by molar-refractivity contribution is -0.142. The third-order valence-corrected chi connectivity index (χ3v) is 3.21. The van der Waals surface area contributed by atoms with Gasteiger partial charge in [-0.2, -0.15) is 0 Å². The minimum absolute atomic E-state index is 0.264. The van der Waals surface area contributed by atoms with Gasteiger partial charge in [-0.05, 0) is 24.6 Å². The standard InChI is InChI=1S/C17H18N2O3/c1-12-6-5-7-13(10-12)11-15(17(21)22-2)19-16(20)14-8-3-4-9-18-14/h3-10,15H,11H2,1-2H3,(H,19,20)/t15-/m0/s1. The van der Waals surface area contributed by atoms with Crippen LogP contribution in [0, 0.1) is 6.92 Å². The first kappa shape index (κ1) is 15.7. The Labute approximate surface area is 129 Å². The molecule has 0 unspecified atom stereocenters. The zero-order valence-corrected chi connectivity index (χ0v) is 12.6. The molecule has 5 heteroatoms. The second-order valence-electron chi connectivity index (χ2n) is 4.96. The summed E-state index contributed by atoms with van der Waals surface area (Å²) in [6, 6.07) is 12.1. The second kappa shape index (κ2) is 7.36. The summed E-state index contributed by atoms with van der Waals surface area (Å²) in [6.45, 7) is 1.98. The smallest absolute Gasteiger partial charge is 0.328 e. The minimum atomic E-state index is -0.749. The molecule has 1 aromatic carbocycles. The van der Waals surface area contributed by atoms with Gasteiger partial charge in [0, 0.05) is 12.6 Å². The predicted octanol–water partition coefficient (Wildman–Crippen LogP) is 1.90. The summed E-state index contributed by atoms with van der Waals surface area (Å²) in [6.07, 6.45) is 1.90. The van der Waals surface area contributed by atoms with Crippen molar-refractivity contribution >= 4 is 11.9 Å². The van der Waals surface area contributed by atoms with Gasteiger partial charge in [-0.3, -0.25) is 9.78 Å². The van der Waals surface area contributed by atoms with E-state index in [0.717, 1.165) is 11.1 Å². The number of hydrogen-bond donors (Lipinski definition) is 1. The van der Waals surface area contributed by atoms with Crippen LogP contribution >= 0.6 is 0 Å². The average molecular weight is 298 g/mol. The number of hydrogen-bond acceptors (Lipinski definition) is 4. The Kier molecular flexibility index (Phi) is 5.25. The van der Waals surface area contributed by atoms with Gasteiger partial charge < -0.3 is 10.1 Å². The molecule has 1 atom stereocenters. The van der Waals surface area contributed by atoms with Crippen molar-refractivity contribution in [1.82, 2.24) is 10.3 Å². The highest BCUT2D eigenvalue weighted by molar-refractivity contribution is 5.95. The Bertz CT molecular complexity index is 656. The van der Waals surface area contributed by atoms with Gasteiger partial charge in [0.05, 0.1) is 7.11 Å². The number of nitrogens with zero attached hydrogens (tertiary/aromatic N) is 1. The first-order chi connectivity index (χ1) is 10.6. The quantitative estimate of drug-likeness (QED) is 0.856. The largest absolute Gasteiger partial charge is 0.467 e.